The Bertz CT molecular complexity index is 405. The second-order valence-electron chi connectivity index (χ2n) is 4.51. The molecule has 0 unspecified atom stereocenters. The van der Waals surface area contributed by atoms with Gasteiger partial charge in [-0.05, 0) is 24.6 Å². The third kappa shape index (κ3) is 6.42. The highest BCUT2D eigenvalue weighted by atomic mass is 35.5. The van der Waals surface area contributed by atoms with Gasteiger partial charge in [0, 0.05) is 17.2 Å². The van der Waals surface area contributed by atoms with Gasteiger partial charge in [0.2, 0.25) is 0 Å². The van der Waals surface area contributed by atoms with Crippen molar-refractivity contribution in [2.75, 3.05) is 13.2 Å². The van der Waals surface area contributed by atoms with E-state index < -0.39 is 0 Å². The molecule has 0 aromatic heterocycles. The van der Waals surface area contributed by atoms with E-state index in [0.29, 0.717) is 22.2 Å². The van der Waals surface area contributed by atoms with Crippen molar-refractivity contribution < 1.29 is 9.53 Å². The summed E-state index contributed by atoms with van der Waals surface area (Å²) >= 11 is 11.8. The number of benzene rings is 1. The Labute approximate surface area is 125 Å². The lowest BCUT2D eigenvalue weighted by atomic mass is 10.1. The van der Waals surface area contributed by atoms with E-state index in [2.05, 4.69) is 6.92 Å². The van der Waals surface area contributed by atoms with Crippen LogP contribution >= 0.6 is 23.2 Å². The van der Waals surface area contributed by atoms with Crippen LogP contribution in [-0.4, -0.2) is 19.0 Å². The van der Waals surface area contributed by atoms with Gasteiger partial charge in [-0.2, -0.15) is 0 Å². The zero-order valence-corrected chi connectivity index (χ0v) is 12.8. The normalized spacial score (nSPS) is 10.7. The molecule has 0 amide bonds. The van der Waals surface area contributed by atoms with Crippen LogP contribution in [0.15, 0.2) is 18.2 Å². The molecule has 0 radical (unpaired) electrons. The van der Waals surface area contributed by atoms with E-state index in [9.17, 15) is 4.79 Å². The monoisotopic (exact) mass is 302 g/mol. The van der Waals surface area contributed by atoms with Gasteiger partial charge in [-0.25, -0.2) is 0 Å². The predicted octanol–water partition coefficient (Wildman–Crippen LogP) is 5.16. The summed E-state index contributed by atoms with van der Waals surface area (Å²) in [6.45, 7) is 2.87. The lowest BCUT2D eigenvalue weighted by molar-refractivity contribution is 0.0752. The van der Waals surface area contributed by atoms with Crippen LogP contribution in [0.5, 0.6) is 0 Å². The molecule has 106 valence electrons. The van der Waals surface area contributed by atoms with Gasteiger partial charge in [0.25, 0.3) is 0 Å². The fraction of sp³-hybridized carbons (Fsp3) is 0.533. The van der Waals surface area contributed by atoms with Crippen LogP contribution in [0, 0.1) is 0 Å². The minimum atomic E-state index is -0.124. The molecule has 0 spiro atoms. The molecule has 2 nitrogen and oxygen atoms in total. The number of halogens is 2. The van der Waals surface area contributed by atoms with E-state index in [1.807, 2.05) is 0 Å². The molecule has 1 rings (SSSR count). The number of unbranched alkanes of at least 4 members (excludes halogenated alkanes) is 4. The summed E-state index contributed by atoms with van der Waals surface area (Å²) in [6, 6.07) is 4.87. The van der Waals surface area contributed by atoms with Crippen molar-refractivity contribution in [2.24, 2.45) is 0 Å². The third-order valence-electron chi connectivity index (χ3n) is 2.85. The number of hydrogen-bond acceptors (Lipinski definition) is 2. The van der Waals surface area contributed by atoms with Crippen molar-refractivity contribution in [3.63, 3.8) is 0 Å². The van der Waals surface area contributed by atoms with Crippen LogP contribution in [0.1, 0.15) is 49.4 Å². The van der Waals surface area contributed by atoms with Gasteiger partial charge in [-0.15, -0.1) is 0 Å². The summed E-state index contributed by atoms with van der Waals surface area (Å²) in [5.74, 6) is -0.124. The molecule has 0 heterocycles. The molecule has 0 bridgehead atoms. The maximum Gasteiger partial charge on any atom is 0.190 e. The van der Waals surface area contributed by atoms with Gasteiger partial charge >= 0.3 is 0 Å². The minimum Gasteiger partial charge on any atom is -0.373 e. The van der Waals surface area contributed by atoms with Crippen LogP contribution < -0.4 is 0 Å². The zero-order chi connectivity index (χ0) is 14.1. The molecule has 0 saturated carbocycles. The van der Waals surface area contributed by atoms with Crippen LogP contribution in [-0.2, 0) is 4.74 Å². The molecule has 0 aliphatic carbocycles. The first-order valence-corrected chi connectivity index (χ1v) is 7.46. The van der Waals surface area contributed by atoms with E-state index >= 15 is 0 Å². The molecular formula is C15H20Cl2O2. The molecule has 0 N–H and O–H groups in total. The Balaban J connectivity index is 2.26. The molecule has 4 heteroatoms. The molecule has 0 fully saturated rings. The van der Waals surface area contributed by atoms with Gasteiger partial charge in [0.1, 0.15) is 6.61 Å². The molecule has 0 saturated heterocycles. The van der Waals surface area contributed by atoms with Crippen molar-refractivity contribution in [2.45, 2.75) is 39.0 Å². The standard InChI is InChI=1S/C15H20Cl2O2/c1-2-3-4-5-6-9-19-11-15(18)13-10-12(16)7-8-14(13)17/h7-8,10H,2-6,9,11H2,1H3. The molecule has 1 aromatic carbocycles. The Morgan fingerprint density at radius 1 is 1.16 bits per heavy atom. The largest absolute Gasteiger partial charge is 0.373 e. The number of carbonyl (C=O) groups excluding carboxylic acids is 1. The summed E-state index contributed by atoms with van der Waals surface area (Å²) in [7, 11) is 0. The van der Waals surface area contributed by atoms with Crippen molar-refractivity contribution in [3.05, 3.63) is 33.8 Å². The molecule has 0 aliphatic heterocycles. The van der Waals surface area contributed by atoms with Gasteiger partial charge in [-0.1, -0.05) is 55.8 Å². The first kappa shape index (κ1) is 16.5. The topological polar surface area (TPSA) is 26.3 Å². The number of Topliss-reactive ketones (excluding diaryl/α,β-unsaturated/α-hetero) is 1. The van der Waals surface area contributed by atoms with E-state index in [1.54, 1.807) is 18.2 Å². The minimum absolute atomic E-state index is 0.0633. The zero-order valence-electron chi connectivity index (χ0n) is 11.3. The quantitative estimate of drug-likeness (QED) is 0.465. The fourth-order valence-electron chi connectivity index (χ4n) is 1.76. The van der Waals surface area contributed by atoms with E-state index in [4.69, 9.17) is 27.9 Å². The Hall–Kier alpha value is -0.570. The number of hydrogen-bond donors (Lipinski definition) is 0. The van der Waals surface area contributed by atoms with Crippen molar-refractivity contribution in [3.8, 4) is 0 Å². The third-order valence-corrected chi connectivity index (χ3v) is 3.42. The molecule has 0 atom stereocenters. The number of ketones is 1. The van der Waals surface area contributed by atoms with E-state index in [1.165, 1.54) is 19.3 Å². The summed E-state index contributed by atoms with van der Waals surface area (Å²) in [6.07, 6.45) is 5.87. The predicted molar refractivity (Wildman–Crippen MR) is 80.4 cm³/mol. The van der Waals surface area contributed by atoms with Crippen LogP contribution in [0.2, 0.25) is 10.0 Å². The number of rotatable bonds is 9. The highest BCUT2D eigenvalue weighted by Gasteiger charge is 2.10. The highest BCUT2D eigenvalue weighted by molar-refractivity contribution is 6.35. The van der Waals surface area contributed by atoms with Crippen LogP contribution in [0.25, 0.3) is 0 Å². The second kappa shape index (κ2) is 9.35. The maximum atomic E-state index is 11.9. The first-order valence-electron chi connectivity index (χ1n) is 6.71. The summed E-state index contributed by atoms with van der Waals surface area (Å²) in [5.41, 5.74) is 0.431. The van der Waals surface area contributed by atoms with E-state index in [-0.39, 0.29) is 12.4 Å². The Kier molecular flexibility index (Phi) is 8.11. The van der Waals surface area contributed by atoms with Crippen LogP contribution in [0.4, 0.5) is 0 Å². The lowest BCUT2D eigenvalue weighted by Crippen LogP contribution is -2.10. The summed E-state index contributed by atoms with van der Waals surface area (Å²) < 4.78 is 5.37. The van der Waals surface area contributed by atoms with Crippen molar-refractivity contribution in [1.82, 2.24) is 0 Å². The molecular weight excluding hydrogens is 283 g/mol. The fourth-order valence-corrected chi connectivity index (χ4v) is 2.16. The lowest BCUT2D eigenvalue weighted by Gasteiger charge is -2.06. The second-order valence-corrected chi connectivity index (χ2v) is 5.36. The van der Waals surface area contributed by atoms with Gasteiger partial charge in [0.05, 0.1) is 5.02 Å². The maximum absolute atomic E-state index is 11.9. The first-order chi connectivity index (χ1) is 9.15. The van der Waals surface area contributed by atoms with E-state index in [0.717, 1.165) is 12.8 Å². The summed E-state index contributed by atoms with van der Waals surface area (Å²) in [5, 5.41) is 0.924. The Morgan fingerprint density at radius 3 is 2.63 bits per heavy atom. The van der Waals surface area contributed by atoms with Crippen molar-refractivity contribution >= 4 is 29.0 Å². The van der Waals surface area contributed by atoms with Gasteiger partial charge < -0.3 is 4.74 Å². The average molecular weight is 303 g/mol. The van der Waals surface area contributed by atoms with Gasteiger partial charge in [-0.3, -0.25) is 4.79 Å². The Morgan fingerprint density at radius 2 is 1.89 bits per heavy atom. The average Bonchev–Trinajstić information content (AvgIpc) is 2.40. The summed E-state index contributed by atoms with van der Waals surface area (Å²) in [4.78, 5) is 11.9. The smallest absolute Gasteiger partial charge is 0.190 e. The highest BCUT2D eigenvalue weighted by Crippen LogP contribution is 2.21. The molecule has 0 aliphatic rings. The van der Waals surface area contributed by atoms with Crippen LogP contribution in [0.3, 0.4) is 0 Å². The van der Waals surface area contributed by atoms with Crippen molar-refractivity contribution in [1.29, 1.82) is 0 Å². The number of carbonyl (C=O) groups is 1. The van der Waals surface area contributed by atoms with Gasteiger partial charge in [0.15, 0.2) is 5.78 Å². The number of ether oxygens (including phenoxy) is 1. The molecule has 1 aromatic rings. The molecule has 19 heavy (non-hydrogen) atoms. The SMILES string of the molecule is CCCCCCCOCC(=O)c1cc(Cl)ccc1Cl.